The SMILES string of the molecule is COC(=O)CCC(=O)Nc1cc(C(F)(F)F)ccn1. The Morgan fingerprint density at radius 2 is 2.05 bits per heavy atom. The van der Waals surface area contributed by atoms with Crippen molar-refractivity contribution in [3.63, 3.8) is 0 Å². The van der Waals surface area contributed by atoms with E-state index in [0.717, 1.165) is 18.3 Å². The molecule has 1 aromatic heterocycles. The maximum absolute atomic E-state index is 12.4. The summed E-state index contributed by atoms with van der Waals surface area (Å²) in [5, 5.41) is 2.18. The average molecular weight is 276 g/mol. The fourth-order valence-corrected chi connectivity index (χ4v) is 1.20. The molecule has 1 amide bonds. The van der Waals surface area contributed by atoms with Crippen molar-refractivity contribution in [2.75, 3.05) is 12.4 Å². The Balaban J connectivity index is 2.62. The first-order valence-electron chi connectivity index (χ1n) is 5.23. The van der Waals surface area contributed by atoms with Crippen molar-refractivity contribution in [3.05, 3.63) is 23.9 Å². The second-order valence-corrected chi connectivity index (χ2v) is 3.55. The van der Waals surface area contributed by atoms with Crippen LogP contribution in [0.25, 0.3) is 0 Å². The summed E-state index contributed by atoms with van der Waals surface area (Å²) in [5.74, 6) is -1.41. The van der Waals surface area contributed by atoms with E-state index in [1.54, 1.807) is 0 Å². The Morgan fingerprint density at radius 3 is 2.63 bits per heavy atom. The van der Waals surface area contributed by atoms with Crippen molar-refractivity contribution in [1.29, 1.82) is 0 Å². The van der Waals surface area contributed by atoms with Crippen molar-refractivity contribution < 1.29 is 27.5 Å². The molecule has 19 heavy (non-hydrogen) atoms. The summed E-state index contributed by atoms with van der Waals surface area (Å²) in [4.78, 5) is 25.7. The van der Waals surface area contributed by atoms with Gasteiger partial charge in [0, 0.05) is 12.6 Å². The van der Waals surface area contributed by atoms with E-state index in [9.17, 15) is 22.8 Å². The summed E-state index contributed by atoms with van der Waals surface area (Å²) < 4.78 is 41.5. The Labute approximate surface area is 106 Å². The molecule has 8 heteroatoms. The molecule has 0 fully saturated rings. The van der Waals surface area contributed by atoms with E-state index < -0.39 is 23.6 Å². The molecule has 5 nitrogen and oxygen atoms in total. The van der Waals surface area contributed by atoms with E-state index in [1.165, 1.54) is 7.11 Å². The summed E-state index contributed by atoms with van der Waals surface area (Å²) in [5.41, 5.74) is -0.911. The van der Waals surface area contributed by atoms with Crippen molar-refractivity contribution >= 4 is 17.7 Å². The average Bonchev–Trinajstić information content (AvgIpc) is 2.35. The lowest BCUT2D eigenvalue weighted by molar-refractivity contribution is -0.141. The second-order valence-electron chi connectivity index (χ2n) is 3.55. The fraction of sp³-hybridized carbons (Fsp3) is 0.364. The van der Waals surface area contributed by atoms with Gasteiger partial charge in [0.1, 0.15) is 5.82 Å². The standard InChI is InChI=1S/C11H11F3N2O3/c1-19-10(18)3-2-9(17)16-8-6-7(4-5-15-8)11(12,13)14/h4-6H,2-3H2,1H3,(H,15,16,17). The third kappa shape index (κ3) is 4.94. The van der Waals surface area contributed by atoms with Gasteiger partial charge in [-0.25, -0.2) is 4.98 Å². The summed E-state index contributed by atoms with van der Waals surface area (Å²) in [6.45, 7) is 0. The maximum Gasteiger partial charge on any atom is 0.416 e. The van der Waals surface area contributed by atoms with Crippen LogP contribution in [-0.2, 0) is 20.5 Å². The van der Waals surface area contributed by atoms with Crippen molar-refractivity contribution in [2.45, 2.75) is 19.0 Å². The van der Waals surface area contributed by atoms with Crippen LogP contribution in [0.4, 0.5) is 19.0 Å². The van der Waals surface area contributed by atoms with Gasteiger partial charge in [0.15, 0.2) is 0 Å². The number of rotatable bonds is 4. The lowest BCUT2D eigenvalue weighted by atomic mass is 10.2. The van der Waals surface area contributed by atoms with Crippen LogP contribution in [0.2, 0.25) is 0 Å². The van der Waals surface area contributed by atoms with E-state index in [-0.39, 0.29) is 18.7 Å². The molecule has 104 valence electrons. The largest absolute Gasteiger partial charge is 0.469 e. The topological polar surface area (TPSA) is 68.3 Å². The number of alkyl halides is 3. The fourth-order valence-electron chi connectivity index (χ4n) is 1.20. The van der Waals surface area contributed by atoms with Gasteiger partial charge in [0.2, 0.25) is 5.91 Å². The third-order valence-electron chi connectivity index (χ3n) is 2.14. The highest BCUT2D eigenvalue weighted by Crippen LogP contribution is 2.29. The first kappa shape index (κ1) is 14.9. The molecule has 0 aromatic carbocycles. The molecule has 0 aliphatic carbocycles. The molecule has 1 aromatic rings. The Morgan fingerprint density at radius 1 is 1.37 bits per heavy atom. The second kappa shape index (κ2) is 6.17. The van der Waals surface area contributed by atoms with Gasteiger partial charge in [-0.05, 0) is 12.1 Å². The van der Waals surface area contributed by atoms with Gasteiger partial charge in [-0.1, -0.05) is 0 Å². The molecule has 0 aliphatic heterocycles. The molecule has 1 N–H and O–H groups in total. The number of anilines is 1. The Bertz CT molecular complexity index is 474. The van der Waals surface area contributed by atoms with Crippen LogP contribution in [0, 0.1) is 0 Å². The van der Waals surface area contributed by atoms with Crippen LogP contribution in [-0.4, -0.2) is 24.0 Å². The van der Waals surface area contributed by atoms with Gasteiger partial charge < -0.3 is 10.1 Å². The summed E-state index contributed by atoms with van der Waals surface area (Å²) in [7, 11) is 1.18. The lowest BCUT2D eigenvalue weighted by Gasteiger charge is -2.08. The number of nitrogens with zero attached hydrogens (tertiary/aromatic N) is 1. The van der Waals surface area contributed by atoms with Crippen LogP contribution in [0.1, 0.15) is 18.4 Å². The number of esters is 1. The number of ether oxygens (including phenoxy) is 1. The van der Waals surface area contributed by atoms with Crippen molar-refractivity contribution in [3.8, 4) is 0 Å². The maximum atomic E-state index is 12.4. The van der Waals surface area contributed by atoms with Gasteiger partial charge in [0.25, 0.3) is 0 Å². The highest BCUT2D eigenvalue weighted by Gasteiger charge is 2.30. The molecule has 1 heterocycles. The first-order chi connectivity index (χ1) is 8.82. The molecular weight excluding hydrogens is 265 g/mol. The number of nitrogens with one attached hydrogen (secondary N) is 1. The number of hydrogen-bond acceptors (Lipinski definition) is 4. The third-order valence-corrected chi connectivity index (χ3v) is 2.14. The quantitative estimate of drug-likeness (QED) is 0.854. The van der Waals surface area contributed by atoms with Gasteiger partial charge in [-0.15, -0.1) is 0 Å². The van der Waals surface area contributed by atoms with E-state index in [1.807, 2.05) is 0 Å². The molecule has 0 bridgehead atoms. The number of halogens is 3. The minimum Gasteiger partial charge on any atom is -0.469 e. The van der Waals surface area contributed by atoms with E-state index >= 15 is 0 Å². The first-order valence-corrected chi connectivity index (χ1v) is 5.23. The monoisotopic (exact) mass is 276 g/mol. The molecule has 1 rings (SSSR count). The van der Waals surface area contributed by atoms with E-state index in [4.69, 9.17) is 0 Å². The molecular formula is C11H11F3N2O3. The number of amides is 1. The Kier molecular flexibility index (Phi) is 4.85. The molecule has 0 radical (unpaired) electrons. The van der Waals surface area contributed by atoms with Crippen LogP contribution < -0.4 is 5.32 Å². The van der Waals surface area contributed by atoms with Gasteiger partial charge in [0.05, 0.1) is 19.1 Å². The zero-order valence-electron chi connectivity index (χ0n) is 9.95. The predicted molar refractivity (Wildman–Crippen MR) is 59.1 cm³/mol. The molecule has 0 unspecified atom stereocenters. The number of hydrogen-bond donors (Lipinski definition) is 1. The molecule has 0 atom stereocenters. The van der Waals surface area contributed by atoms with Crippen LogP contribution in [0.15, 0.2) is 18.3 Å². The number of aromatic nitrogens is 1. The van der Waals surface area contributed by atoms with Gasteiger partial charge in [-0.2, -0.15) is 13.2 Å². The number of carbonyl (C=O) groups is 2. The normalized spacial score (nSPS) is 10.9. The summed E-state index contributed by atoms with van der Waals surface area (Å²) >= 11 is 0. The summed E-state index contributed by atoms with van der Waals surface area (Å²) in [6, 6.07) is 1.51. The molecule has 0 saturated carbocycles. The minimum absolute atomic E-state index is 0.151. The minimum atomic E-state index is -4.51. The van der Waals surface area contributed by atoms with Crippen molar-refractivity contribution in [2.24, 2.45) is 0 Å². The zero-order valence-corrected chi connectivity index (χ0v) is 9.95. The lowest BCUT2D eigenvalue weighted by Crippen LogP contribution is -2.15. The number of methoxy groups -OCH3 is 1. The van der Waals surface area contributed by atoms with Crippen LogP contribution in [0.3, 0.4) is 0 Å². The molecule has 0 spiro atoms. The van der Waals surface area contributed by atoms with Crippen LogP contribution in [0.5, 0.6) is 0 Å². The van der Waals surface area contributed by atoms with Gasteiger partial charge >= 0.3 is 12.1 Å². The number of carbonyl (C=O) groups excluding carboxylic acids is 2. The summed E-state index contributed by atoms with van der Waals surface area (Å²) in [6.07, 6.45) is -3.90. The zero-order chi connectivity index (χ0) is 14.5. The smallest absolute Gasteiger partial charge is 0.416 e. The molecule has 0 aliphatic rings. The molecule has 0 saturated heterocycles. The number of pyridine rings is 1. The highest BCUT2D eigenvalue weighted by atomic mass is 19.4. The highest BCUT2D eigenvalue weighted by molar-refractivity contribution is 5.91. The van der Waals surface area contributed by atoms with Gasteiger partial charge in [-0.3, -0.25) is 9.59 Å². The predicted octanol–water partition coefficient (Wildman–Crippen LogP) is 1.99. The van der Waals surface area contributed by atoms with E-state index in [0.29, 0.717) is 0 Å². The van der Waals surface area contributed by atoms with Crippen molar-refractivity contribution in [1.82, 2.24) is 4.98 Å². The van der Waals surface area contributed by atoms with E-state index in [2.05, 4.69) is 15.0 Å². The Hall–Kier alpha value is -2.12. The van der Waals surface area contributed by atoms with Crippen LogP contribution >= 0.6 is 0 Å².